The van der Waals surface area contributed by atoms with Gasteiger partial charge in [-0.3, -0.25) is 0 Å². The van der Waals surface area contributed by atoms with Crippen LogP contribution in [0.5, 0.6) is 23.0 Å². The monoisotopic (exact) mass is 620 g/mol. The van der Waals surface area contributed by atoms with E-state index >= 15 is 0 Å². The maximum atomic E-state index is 10.7. The van der Waals surface area contributed by atoms with E-state index in [1.54, 1.807) is 28.4 Å². The predicted molar refractivity (Wildman–Crippen MR) is 190 cm³/mol. The highest BCUT2D eigenvalue weighted by molar-refractivity contribution is 6.36. The Morgan fingerprint density at radius 2 is 0.729 bits per heavy atom. The molecule has 0 aliphatic heterocycles. The number of fused-ring (bicyclic) bond motifs is 8. The second-order valence-electron chi connectivity index (χ2n) is 12.5. The average Bonchev–Trinajstić information content (AvgIpc) is 3.62. The lowest BCUT2D eigenvalue weighted by Gasteiger charge is -2.20. The van der Waals surface area contributed by atoms with Gasteiger partial charge in [0.2, 0.25) is 0 Å². The number of hydrogen-bond donors (Lipinski definition) is 0. The third-order valence-electron chi connectivity index (χ3n) is 10.4. The maximum absolute atomic E-state index is 10.7. The van der Waals surface area contributed by atoms with Crippen molar-refractivity contribution in [2.24, 2.45) is 0 Å². The molecular weight excluding hydrogens is 596 g/mol. The van der Waals surface area contributed by atoms with Crippen LogP contribution in [0.25, 0.3) is 98.4 Å². The highest BCUT2D eigenvalue weighted by Gasteiger charge is 2.32. The molecule has 6 nitrogen and oxygen atoms in total. The van der Waals surface area contributed by atoms with Crippen LogP contribution in [0.3, 0.4) is 0 Å². The SMILES string of the molecule is COc1cc2c3c(cc(OC)cc3c1)-c1c-2cc2c(C#N)cc3c4c(cc5c(C#N)cc1c2c53)-c1cc(OC)cc2cc(OC)cc-4c12. The van der Waals surface area contributed by atoms with Gasteiger partial charge >= 0.3 is 0 Å². The van der Waals surface area contributed by atoms with Crippen molar-refractivity contribution < 1.29 is 18.9 Å². The van der Waals surface area contributed by atoms with Crippen LogP contribution < -0.4 is 18.9 Å². The van der Waals surface area contributed by atoms with E-state index in [0.717, 1.165) is 121 Å². The van der Waals surface area contributed by atoms with Crippen LogP contribution in [0.4, 0.5) is 0 Å². The van der Waals surface area contributed by atoms with Gasteiger partial charge < -0.3 is 18.9 Å². The molecule has 0 aromatic heterocycles. The van der Waals surface area contributed by atoms with E-state index in [2.05, 4.69) is 48.5 Å². The molecule has 0 bridgehead atoms. The van der Waals surface area contributed by atoms with Gasteiger partial charge in [0, 0.05) is 10.8 Å². The van der Waals surface area contributed by atoms with Gasteiger partial charge in [0.15, 0.2) is 0 Å². The number of rotatable bonds is 4. The predicted octanol–water partition coefficient (Wildman–Crippen LogP) is 9.96. The van der Waals surface area contributed by atoms with Crippen LogP contribution in [0, 0.1) is 22.7 Å². The van der Waals surface area contributed by atoms with Crippen LogP contribution in [-0.2, 0) is 0 Å². The summed E-state index contributed by atoms with van der Waals surface area (Å²) in [6.07, 6.45) is 0. The fourth-order valence-electron chi connectivity index (χ4n) is 8.51. The molecule has 48 heavy (non-hydrogen) atoms. The van der Waals surface area contributed by atoms with Crippen LogP contribution in [0.1, 0.15) is 11.1 Å². The second-order valence-corrected chi connectivity index (χ2v) is 12.5. The molecule has 0 saturated carbocycles. The molecule has 0 unspecified atom stereocenters. The van der Waals surface area contributed by atoms with Crippen molar-refractivity contribution in [3.05, 3.63) is 83.9 Å². The Morgan fingerprint density at radius 1 is 0.375 bits per heavy atom. The molecule has 0 N–H and O–H groups in total. The van der Waals surface area contributed by atoms with Crippen molar-refractivity contribution in [2.75, 3.05) is 28.4 Å². The lowest BCUT2D eigenvalue weighted by molar-refractivity contribution is 0.414. The zero-order valence-electron chi connectivity index (χ0n) is 26.5. The highest BCUT2D eigenvalue weighted by atomic mass is 16.5. The average molecular weight is 621 g/mol. The van der Waals surface area contributed by atoms with Gasteiger partial charge in [0.25, 0.3) is 0 Å². The van der Waals surface area contributed by atoms with Gasteiger partial charge in [-0.05, 0) is 160 Å². The molecule has 226 valence electrons. The van der Waals surface area contributed by atoms with Gasteiger partial charge in [0.05, 0.1) is 51.7 Å². The van der Waals surface area contributed by atoms with Gasteiger partial charge in [-0.15, -0.1) is 0 Å². The van der Waals surface area contributed by atoms with Crippen molar-refractivity contribution in [3.63, 3.8) is 0 Å². The van der Waals surface area contributed by atoms with E-state index in [-0.39, 0.29) is 0 Å². The lowest BCUT2D eigenvalue weighted by atomic mass is 9.82. The number of ether oxygens (including phenoxy) is 4. The Balaban J connectivity index is 1.43. The van der Waals surface area contributed by atoms with E-state index in [4.69, 9.17) is 18.9 Å². The Kier molecular flexibility index (Phi) is 5.04. The molecule has 8 aromatic rings. The number of nitriles is 2. The van der Waals surface area contributed by atoms with E-state index in [1.807, 2.05) is 36.4 Å². The van der Waals surface area contributed by atoms with Crippen LogP contribution >= 0.6 is 0 Å². The zero-order valence-corrected chi connectivity index (χ0v) is 26.5. The molecule has 2 aliphatic rings. The minimum absolute atomic E-state index is 0.579. The minimum atomic E-state index is 0.579. The normalized spacial score (nSPS) is 12.1. The second kappa shape index (κ2) is 9.06. The Morgan fingerprint density at radius 3 is 1.06 bits per heavy atom. The summed E-state index contributed by atoms with van der Waals surface area (Å²) in [6, 6.07) is 29.8. The summed E-state index contributed by atoms with van der Waals surface area (Å²) in [5.74, 6) is 2.96. The summed E-state index contributed by atoms with van der Waals surface area (Å²) >= 11 is 0. The summed E-state index contributed by atoms with van der Waals surface area (Å²) in [5, 5.41) is 31.2. The Hall–Kier alpha value is -6.50. The maximum Gasteiger partial charge on any atom is 0.120 e. The number of benzene rings is 8. The van der Waals surface area contributed by atoms with Crippen LogP contribution in [0.2, 0.25) is 0 Å². The summed E-state index contributed by atoms with van der Waals surface area (Å²) in [5.41, 5.74) is 9.38. The van der Waals surface area contributed by atoms with Gasteiger partial charge in [-0.2, -0.15) is 10.5 Å². The molecule has 0 saturated heterocycles. The lowest BCUT2D eigenvalue weighted by Crippen LogP contribution is -1.95. The number of nitrogens with zero attached hydrogens (tertiary/aromatic N) is 2. The number of methoxy groups -OCH3 is 4. The molecule has 0 heterocycles. The van der Waals surface area contributed by atoms with E-state index < -0.39 is 0 Å². The summed E-state index contributed by atoms with van der Waals surface area (Å²) < 4.78 is 23.0. The quantitative estimate of drug-likeness (QED) is 0.182. The largest absolute Gasteiger partial charge is 0.497 e. The summed E-state index contributed by atoms with van der Waals surface area (Å²) in [6.45, 7) is 0. The molecule has 0 atom stereocenters. The molecule has 0 spiro atoms. The van der Waals surface area contributed by atoms with Crippen molar-refractivity contribution in [3.8, 4) is 79.6 Å². The fourth-order valence-corrected chi connectivity index (χ4v) is 8.51. The summed E-state index contributed by atoms with van der Waals surface area (Å²) in [4.78, 5) is 0. The molecule has 8 aromatic carbocycles. The van der Waals surface area contributed by atoms with E-state index in [0.29, 0.717) is 11.1 Å². The standard InChI is InChI=1S/C42H24N2O4/c1-45-23-5-19-7-25(47-3)13-35-37(19)29(11-23)31-15-27-21(17-43)10-34-40-32(16-28-22(18-44)9-33(39(31)35)41(27)42(28)34)30-12-24(46-2)6-20-8-26(48-4)14-36(40)38(20)30/h5-16H,1-4H3. The highest BCUT2D eigenvalue weighted by Crippen LogP contribution is 2.58. The first kappa shape index (κ1) is 26.7. The first-order valence-corrected chi connectivity index (χ1v) is 15.6. The topological polar surface area (TPSA) is 84.5 Å². The molecule has 0 radical (unpaired) electrons. The zero-order chi connectivity index (χ0) is 32.6. The Labute approximate surface area is 274 Å². The van der Waals surface area contributed by atoms with Gasteiger partial charge in [-0.25, -0.2) is 0 Å². The van der Waals surface area contributed by atoms with Gasteiger partial charge in [0.1, 0.15) is 23.0 Å². The fraction of sp³-hybridized carbons (Fsp3) is 0.0952. The van der Waals surface area contributed by atoms with E-state index in [9.17, 15) is 10.5 Å². The molecular formula is C42H24N2O4. The molecule has 0 amide bonds. The van der Waals surface area contributed by atoms with Crippen molar-refractivity contribution in [1.82, 2.24) is 0 Å². The first-order chi connectivity index (χ1) is 23.5. The van der Waals surface area contributed by atoms with Crippen LogP contribution in [0.15, 0.2) is 72.8 Å². The van der Waals surface area contributed by atoms with Crippen LogP contribution in [-0.4, -0.2) is 28.4 Å². The summed E-state index contributed by atoms with van der Waals surface area (Å²) in [7, 11) is 6.68. The third kappa shape index (κ3) is 3.10. The Bertz CT molecular complexity index is 2700. The number of hydrogen-bond acceptors (Lipinski definition) is 6. The van der Waals surface area contributed by atoms with Crippen molar-refractivity contribution in [1.29, 1.82) is 10.5 Å². The smallest absolute Gasteiger partial charge is 0.120 e. The van der Waals surface area contributed by atoms with Crippen molar-refractivity contribution >= 4 is 53.9 Å². The third-order valence-corrected chi connectivity index (χ3v) is 10.4. The van der Waals surface area contributed by atoms with Crippen molar-refractivity contribution in [2.45, 2.75) is 0 Å². The van der Waals surface area contributed by atoms with E-state index in [1.165, 1.54) is 0 Å². The minimum Gasteiger partial charge on any atom is -0.497 e. The van der Waals surface area contributed by atoms with Gasteiger partial charge in [-0.1, -0.05) is 0 Å². The molecule has 10 rings (SSSR count). The molecule has 6 heteroatoms. The first-order valence-electron chi connectivity index (χ1n) is 15.6. The molecule has 0 fully saturated rings. The molecule has 2 aliphatic carbocycles.